The van der Waals surface area contributed by atoms with E-state index in [0.29, 0.717) is 10.4 Å². The van der Waals surface area contributed by atoms with Gasteiger partial charge in [-0.3, -0.25) is 0 Å². The quantitative estimate of drug-likeness (QED) is 0.618. The summed E-state index contributed by atoms with van der Waals surface area (Å²) in [7, 11) is 0. The first kappa shape index (κ1) is 10.6. The number of nitrogens with one attached hydrogen (secondary N) is 2. The summed E-state index contributed by atoms with van der Waals surface area (Å²) in [6.45, 7) is 0. The van der Waals surface area contributed by atoms with Gasteiger partial charge in [-0.05, 0) is 23.8 Å². The number of aromatic nitrogens is 2. The average Bonchev–Trinajstić information content (AvgIpc) is 2.85. The molecule has 1 aromatic carbocycles. The Hall–Kier alpha value is -1.59. The Balaban J connectivity index is 2.06. The molecule has 0 unspecified atom stereocenters. The van der Waals surface area contributed by atoms with Crippen LogP contribution in [0.4, 0.5) is 0 Å². The third-order valence-corrected chi connectivity index (χ3v) is 3.95. The third-order valence-electron chi connectivity index (χ3n) is 2.73. The van der Waals surface area contributed by atoms with Crippen molar-refractivity contribution >= 4 is 34.5 Å². The summed E-state index contributed by atoms with van der Waals surface area (Å²) in [5.41, 5.74) is 2.28. The van der Waals surface area contributed by atoms with Gasteiger partial charge in [0.05, 0.1) is 4.88 Å². The molecule has 86 valence electrons. The van der Waals surface area contributed by atoms with Crippen molar-refractivity contribution in [3.63, 3.8) is 0 Å². The highest BCUT2D eigenvalue weighted by molar-refractivity contribution is 7.73. The first-order valence-corrected chi connectivity index (χ1v) is 6.42. The highest BCUT2D eigenvalue weighted by Gasteiger charge is 2.09. The van der Waals surface area contributed by atoms with Crippen LogP contribution in [0.1, 0.15) is 10.4 Å². The molecule has 2 heterocycles. The number of thiazole rings is 1. The summed E-state index contributed by atoms with van der Waals surface area (Å²) in [5.74, 6) is 0.185. The fourth-order valence-corrected chi connectivity index (χ4v) is 3.07. The zero-order valence-corrected chi connectivity index (χ0v) is 10.5. The predicted octanol–water partition coefficient (Wildman–Crippen LogP) is 3.58. The molecule has 3 N–H and O–H groups in total. The summed E-state index contributed by atoms with van der Waals surface area (Å²) in [5, 5.41) is 10.9. The van der Waals surface area contributed by atoms with Crippen molar-refractivity contribution in [2.45, 2.75) is 6.42 Å². The number of hydrogen-bond acceptors (Lipinski definition) is 3. The fraction of sp³-hybridized carbons (Fsp3) is 0.0833. The van der Waals surface area contributed by atoms with Gasteiger partial charge in [0.15, 0.2) is 3.95 Å². The molecule has 0 spiro atoms. The highest BCUT2D eigenvalue weighted by Crippen LogP contribution is 2.27. The Morgan fingerprint density at radius 1 is 1.29 bits per heavy atom. The number of H-pyrrole nitrogens is 2. The van der Waals surface area contributed by atoms with Crippen molar-refractivity contribution in [1.82, 2.24) is 9.97 Å². The highest BCUT2D eigenvalue weighted by atomic mass is 32.1. The minimum atomic E-state index is 0.185. The Kier molecular flexibility index (Phi) is 2.49. The predicted molar refractivity (Wildman–Crippen MR) is 72.3 cm³/mol. The lowest BCUT2D eigenvalue weighted by molar-refractivity contribution is 0.452. The van der Waals surface area contributed by atoms with Crippen molar-refractivity contribution in [2.24, 2.45) is 0 Å². The molecule has 0 atom stereocenters. The van der Waals surface area contributed by atoms with Gasteiger partial charge in [-0.1, -0.05) is 18.2 Å². The number of aromatic amines is 2. The zero-order valence-electron chi connectivity index (χ0n) is 8.86. The smallest absolute Gasteiger partial charge is 0.203 e. The van der Waals surface area contributed by atoms with Crippen LogP contribution in [0.15, 0.2) is 30.5 Å². The van der Waals surface area contributed by atoms with E-state index in [-0.39, 0.29) is 5.88 Å². The number of rotatable bonds is 2. The second-order valence-corrected chi connectivity index (χ2v) is 5.59. The number of benzene rings is 1. The van der Waals surface area contributed by atoms with Crippen LogP contribution in [0.25, 0.3) is 10.9 Å². The van der Waals surface area contributed by atoms with E-state index in [1.165, 1.54) is 22.3 Å². The molecule has 0 saturated carbocycles. The lowest BCUT2D eigenvalue weighted by Gasteiger charge is -1.97. The maximum atomic E-state index is 9.68. The average molecular weight is 262 g/mol. The van der Waals surface area contributed by atoms with Crippen LogP contribution in [-0.2, 0) is 6.42 Å². The van der Waals surface area contributed by atoms with Gasteiger partial charge in [-0.2, -0.15) is 0 Å². The molecule has 0 aliphatic carbocycles. The first-order chi connectivity index (χ1) is 8.24. The molecule has 0 bridgehead atoms. The molecule has 0 saturated heterocycles. The van der Waals surface area contributed by atoms with Gasteiger partial charge >= 0.3 is 0 Å². The summed E-state index contributed by atoms with van der Waals surface area (Å²) in [6, 6.07) is 8.13. The first-order valence-electron chi connectivity index (χ1n) is 5.20. The standard InChI is InChI=1S/C12H10N2OS2/c15-11-10(17-12(16)14-11)5-7-6-13-9-4-2-1-3-8(7)9/h1-4,6,13,15H,5H2,(H,14,16). The SMILES string of the molecule is Oc1[nH]c(=S)sc1Cc1c[nH]c2ccccc12. The molecule has 3 aromatic rings. The number of hydrogen-bond donors (Lipinski definition) is 3. The van der Waals surface area contributed by atoms with Gasteiger partial charge in [0.2, 0.25) is 5.88 Å². The minimum absolute atomic E-state index is 0.185. The van der Waals surface area contributed by atoms with Crippen LogP contribution in [0.2, 0.25) is 0 Å². The van der Waals surface area contributed by atoms with E-state index in [2.05, 4.69) is 16.0 Å². The number of fused-ring (bicyclic) bond motifs is 1. The second kappa shape index (κ2) is 4.01. The van der Waals surface area contributed by atoms with Crippen LogP contribution >= 0.6 is 23.6 Å². The van der Waals surface area contributed by atoms with Crippen LogP contribution in [0.5, 0.6) is 5.88 Å². The number of aromatic hydroxyl groups is 1. The van der Waals surface area contributed by atoms with Crippen LogP contribution in [0, 0.1) is 3.95 Å². The fourth-order valence-electron chi connectivity index (χ4n) is 1.92. The molecule has 0 fully saturated rings. The Morgan fingerprint density at radius 2 is 2.12 bits per heavy atom. The molecule has 0 aliphatic heterocycles. The monoisotopic (exact) mass is 262 g/mol. The summed E-state index contributed by atoms with van der Waals surface area (Å²) in [6.07, 6.45) is 2.67. The maximum absolute atomic E-state index is 9.68. The van der Waals surface area contributed by atoms with Gasteiger partial charge < -0.3 is 15.1 Å². The van der Waals surface area contributed by atoms with Gasteiger partial charge in [-0.25, -0.2) is 0 Å². The summed E-state index contributed by atoms with van der Waals surface area (Å²) in [4.78, 5) is 6.84. The normalized spacial score (nSPS) is 11.1. The molecule has 2 aromatic heterocycles. The molecule has 17 heavy (non-hydrogen) atoms. The number of para-hydroxylation sites is 1. The van der Waals surface area contributed by atoms with Gasteiger partial charge in [0, 0.05) is 23.5 Å². The van der Waals surface area contributed by atoms with E-state index in [1.54, 1.807) is 0 Å². The molecule has 3 nitrogen and oxygen atoms in total. The maximum Gasteiger partial charge on any atom is 0.203 e. The lowest BCUT2D eigenvalue weighted by Crippen LogP contribution is -1.83. The Labute approximate surface area is 107 Å². The van der Waals surface area contributed by atoms with Crippen molar-refractivity contribution in [2.75, 3.05) is 0 Å². The van der Waals surface area contributed by atoms with Crippen LogP contribution < -0.4 is 0 Å². The third kappa shape index (κ3) is 1.87. The molecule has 0 radical (unpaired) electrons. The van der Waals surface area contributed by atoms with E-state index >= 15 is 0 Å². The Bertz CT molecular complexity index is 723. The summed E-state index contributed by atoms with van der Waals surface area (Å²) >= 11 is 6.42. The second-order valence-electron chi connectivity index (χ2n) is 3.82. The molecule has 0 aliphatic rings. The van der Waals surface area contributed by atoms with Crippen molar-refractivity contribution in [3.05, 3.63) is 44.9 Å². The van der Waals surface area contributed by atoms with E-state index in [9.17, 15) is 5.11 Å². The Morgan fingerprint density at radius 3 is 2.88 bits per heavy atom. The van der Waals surface area contributed by atoms with Crippen LogP contribution in [-0.4, -0.2) is 15.1 Å². The molecule has 3 rings (SSSR count). The molecular formula is C12H10N2OS2. The van der Waals surface area contributed by atoms with Gasteiger partial charge in [0.1, 0.15) is 0 Å². The molecule has 5 heteroatoms. The van der Waals surface area contributed by atoms with Gasteiger partial charge in [-0.15, -0.1) is 11.3 Å². The molecule has 0 amide bonds. The largest absolute Gasteiger partial charge is 0.494 e. The van der Waals surface area contributed by atoms with E-state index in [1.807, 2.05) is 24.4 Å². The van der Waals surface area contributed by atoms with Crippen molar-refractivity contribution in [3.8, 4) is 5.88 Å². The van der Waals surface area contributed by atoms with Crippen LogP contribution in [0.3, 0.4) is 0 Å². The zero-order chi connectivity index (χ0) is 11.8. The van der Waals surface area contributed by atoms with E-state index in [0.717, 1.165) is 10.4 Å². The van der Waals surface area contributed by atoms with Crippen molar-refractivity contribution < 1.29 is 5.11 Å². The lowest BCUT2D eigenvalue weighted by atomic mass is 10.1. The summed E-state index contributed by atoms with van der Waals surface area (Å²) < 4.78 is 0.609. The van der Waals surface area contributed by atoms with Crippen molar-refractivity contribution in [1.29, 1.82) is 0 Å². The van der Waals surface area contributed by atoms with E-state index in [4.69, 9.17) is 12.2 Å². The topological polar surface area (TPSA) is 51.8 Å². The molecular weight excluding hydrogens is 252 g/mol. The van der Waals surface area contributed by atoms with E-state index < -0.39 is 0 Å². The minimum Gasteiger partial charge on any atom is -0.494 e. The van der Waals surface area contributed by atoms with Gasteiger partial charge in [0.25, 0.3) is 0 Å².